The molecule has 2 aliphatic carbocycles. The summed E-state index contributed by atoms with van der Waals surface area (Å²) in [5, 5.41) is 13.2. The van der Waals surface area contributed by atoms with E-state index in [0.717, 1.165) is 55.9 Å². The van der Waals surface area contributed by atoms with Crippen molar-refractivity contribution in [1.82, 2.24) is 25.2 Å². The number of rotatable bonds is 8. The molecule has 0 atom stereocenters. The monoisotopic (exact) mass is 418 g/mol. The minimum atomic E-state index is 0.104. The van der Waals surface area contributed by atoms with Gasteiger partial charge in [0.15, 0.2) is 0 Å². The van der Waals surface area contributed by atoms with E-state index in [9.17, 15) is 4.79 Å². The Morgan fingerprint density at radius 3 is 2.62 bits per heavy atom. The summed E-state index contributed by atoms with van der Waals surface area (Å²) in [4.78, 5) is 19.0. The first-order valence-electron chi connectivity index (χ1n) is 10.9. The molecule has 0 radical (unpaired) electrons. The maximum atomic E-state index is 13.0. The maximum Gasteiger partial charge on any atom is 0.304 e. The van der Waals surface area contributed by atoms with Gasteiger partial charge in [-0.25, -0.2) is 9.67 Å². The Bertz CT molecular complexity index is 753. The van der Waals surface area contributed by atoms with Gasteiger partial charge < -0.3 is 4.42 Å². The summed E-state index contributed by atoms with van der Waals surface area (Å²) in [6.45, 7) is 0. The second-order valence-corrected chi connectivity index (χ2v) is 9.08. The zero-order valence-electron chi connectivity index (χ0n) is 16.9. The van der Waals surface area contributed by atoms with E-state index in [2.05, 4.69) is 20.5 Å². The highest BCUT2D eigenvalue weighted by atomic mass is 32.2. The van der Waals surface area contributed by atoms with Gasteiger partial charge in [0.1, 0.15) is 6.26 Å². The van der Waals surface area contributed by atoms with E-state index in [-0.39, 0.29) is 11.9 Å². The molecule has 0 bridgehead atoms. The van der Waals surface area contributed by atoms with Crippen molar-refractivity contribution in [2.24, 2.45) is 0 Å². The van der Waals surface area contributed by atoms with Gasteiger partial charge in [0, 0.05) is 18.2 Å². The molecule has 1 amide bonds. The Morgan fingerprint density at radius 2 is 1.90 bits per heavy atom. The molecule has 0 aliphatic heterocycles. The van der Waals surface area contributed by atoms with Gasteiger partial charge in [0.25, 0.3) is 0 Å². The number of thioether (sulfide) groups is 1. The quantitative estimate of drug-likeness (QED) is 0.463. The molecule has 2 saturated carbocycles. The first kappa shape index (κ1) is 20.4. The van der Waals surface area contributed by atoms with E-state index >= 15 is 0 Å². The molecule has 0 aromatic carbocycles. The van der Waals surface area contributed by atoms with Gasteiger partial charge >= 0.3 is 6.01 Å². The Morgan fingerprint density at radius 1 is 1.14 bits per heavy atom. The molecule has 0 saturated heterocycles. The van der Waals surface area contributed by atoms with E-state index in [1.165, 1.54) is 25.7 Å². The van der Waals surface area contributed by atoms with Crippen molar-refractivity contribution in [3.63, 3.8) is 0 Å². The molecule has 2 fully saturated rings. The molecule has 0 N–H and O–H groups in total. The number of hydrogen-bond acceptors (Lipinski definition) is 7. The summed E-state index contributed by atoms with van der Waals surface area (Å²) >= 11 is 1.65. The second kappa shape index (κ2) is 10.2. The lowest BCUT2D eigenvalue weighted by Crippen LogP contribution is -2.41. The van der Waals surface area contributed by atoms with Crippen molar-refractivity contribution in [3.05, 3.63) is 12.5 Å². The summed E-state index contributed by atoms with van der Waals surface area (Å²) in [5.41, 5.74) is 0. The third-order valence-electron chi connectivity index (χ3n) is 5.98. The van der Waals surface area contributed by atoms with E-state index in [4.69, 9.17) is 4.42 Å². The molecule has 9 heteroatoms. The molecule has 2 aliphatic rings. The fourth-order valence-corrected chi connectivity index (χ4v) is 5.37. The first-order valence-corrected chi connectivity index (χ1v) is 11.9. The van der Waals surface area contributed by atoms with Crippen molar-refractivity contribution < 1.29 is 9.21 Å². The third-order valence-corrected chi connectivity index (χ3v) is 7.00. The van der Waals surface area contributed by atoms with Gasteiger partial charge in [-0.15, -0.1) is 5.10 Å². The molecule has 4 rings (SSSR count). The second-order valence-electron chi connectivity index (χ2n) is 8.02. The van der Waals surface area contributed by atoms with Crippen LogP contribution in [0, 0.1) is 0 Å². The minimum absolute atomic E-state index is 0.104. The fourth-order valence-electron chi connectivity index (χ4n) is 4.48. The van der Waals surface area contributed by atoms with Gasteiger partial charge in [-0.3, -0.25) is 9.69 Å². The van der Waals surface area contributed by atoms with Crippen molar-refractivity contribution in [2.45, 2.75) is 94.3 Å². The number of hydrogen-bond donors (Lipinski definition) is 0. The highest BCUT2D eigenvalue weighted by molar-refractivity contribution is 7.99. The molecule has 158 valence electrons. The number of carbonyl (C=O) groups is 1. The predicted molar refractivity (Wildman–Crippen MR) is 111 cm³/mol. The lowest BCUT2D eigenvalue weighted by atomic mass is 9.94. The van der Waals surface area contributed by atoms with Crippen molar-refractivity contribution in [1.29, 1.82) is 0 Å². The molecular formula is C20H30N6O2S. The lowest BCUT2D eigenvalue weighted by molar-refractivity contribution is -0.119. The van der Waals surface area contributed by atoms with Gasteiger partial charge in [-0.2, -0.15) is 0 Å². The third kappa shape index (κ3) is 5.18. The average molecular weight is 419 g/mol. The zero-order chi connectivity index (χ0) is 19.9. The van der Waals surface area contributed by atoms with Crippen LogP contribution >= 0.6 is 11.8 Å². The van der Waals surface area contributed by atoms with Gasteiger partial charge in [0.2, 0.25) is 11.1 Å². The largest absolute Gasteiger partial charge is 0.432 e. The summed E-state index contributed by atoms with van der Waals surface area (Å²) in [6.07, 6.45) is 16.2. The summed E-state index contributed by atoms with van der Waals surface area (Å²) in [6, 6.07) is 1.08. The molecule has 0 spiro atoms. The first-order chi connectivity index (χ1) is 14.3. The molecular weight excluding hydrogens is 388 g/mol. The number of anilines is 1. The Hall–Kier alpha value is -1.90. The van der Waals surface area contributed by atoms with Crippen LogP contribution in [-0.4, -0.2) is 42.9 Å². The molecule has 2 heterocycles. The lowest BCUT2D eigenvalue weighted by Gasteiger charge is -2.31. The SMILES string of the molecule is O=C(CCCSc1nnnn1C1CCCCC1)N(c1ncco1)C1CCCCC1. The smallest absolute Gasteiger partial charge is 0.304 e. The Kier molecular flexibility index (Phi) is 7.18. The van der Waals surface area contributed by atoms with E-state index < -0.39 is 0 Å². The normalized spacial score (nSPS) is 18.8. The number of aromatic nitrogens is 5. The van der Waals surface area contributed by atoms with Crippen LogP contribution < -0.4 is 4.90 Å². The molecule has 2 aromatic rings. The Balaban J connectivity index is 1.29. The highest BCUT2D eigenvalue weighted by Crippen LogP contribution is 2.31. The van der Waals surface area contributed by atoms with Crippen molar-refractivity contribution in [3.8, 4) is 0 Å². The summed E-state index contributed by atoms with van der Waals surface area (Å²) < 4.78 is 7.47. The molecule has 0 unspecified atom stereocenters. The van der Waals surface area contributed by atoms with Crippen molar-refractivity contribution in [2.75, 3.05) is 10.7 Å². The fraction of sp³-hybridized carbons (Fsp3) is 0.750. The molecule has 8 nitrogen and oxygen atoms in total. The van der Waals surface area contributed by atoms with Crippen LogP contribution in [0.25, 0.3) is 0 Å². The number of oxazole rings is 1. The standard InChI is InChI=1S/C20H30N6O2S/c27-18(25(19-21-13-14-28-19)16-8-3-1-4-9-16)12-7-15-29-20-22-23-24-26(20)17-10-5-2-6-11-17/h13-14,16-17H,1-12,15H2. The van der Waals surface area contributed by atoms with Crippen LogP contribution in [0.3, 0.4) is 0 Å². The van der Waals surface area contributed by atoms with Crippen LogP contribution in [0.5, 0.6) is 0 Å². The zero-order valence-corrected chi connectivity index (χ0v) is 17.7. The van der Waals surface area contributed by atoms with Crippen LogP contribution in [0.1, 0.15) is 83.1 Å². The molecule has 29 heavy (non-hydrogen) atoms. The number of carbonyl (C=O) groups excluding carboxylic acids is 1. The summed E-state index contributed by atoms with van der Waals surface area (Å²) in [5.74, 6) is 0.926. The van der Waals surface area contributed by atoms with Gasteiger partial charge in [-0.1, -0.05) is 50.3 Å². The number of amides is 1. The van der Waals surface area contributed by atoms with Crippen LogP contribution in [0.15, 0.2) is 22.0 Å². The van der Waals surface area contributed by atoms with Crippen LogP contribution in [0.4, 0.5) is 6.01 Å². The predicted octanol–water partition coefficient (Wildman–Crippen LogP) is 4.40. The summed E-state index contributed by atoms with van der Waals surface area (Å²) in [7, 11) is 0. The average Bonchev–Trinajstić information content (AvgIpc) is 3.45. The van der Waals surface area contributed by atoms with E-state index in [1.807, 2.05) is 4.68 Å². The van der Waals surface area contributed by atoms with Crippen molar-refractivity contribution >= 4 is 23.7 Å². The van der Waals surface area contributed by atoms with E-state index in [1.54, 1.807) is 29.1 Å². The number of tetrazole rings is 1. The van der Waals surface area contributed by atoms with Crippen LogP contribution in [0.2, 0.25) is 0 Å². The van der Waals surface area contributed by atoms with E-state index in [0.29, 0.717) is 18.5 Å². The minimum Gasteiger partial charge on any atom is -0.432 e. The highest BCUT2D eigenvalue weighted by Gasteiger charge is 2.29. The topological polar surface area (TPSA) is 89.9 Å². The Labute approximate surface area is 175 Å². The molecule has 2 aromatic heterocycles. The van der Waals surface area contributed by atoms with Crippen LogP contribution in [-0.2, 0) is 4.79 Å². The maximum absolute atomic E-state index is 13.0. The van der Waals surface area contributed by atoms with Gasteiger partial charge in [-0.05, 0) is 42.5 Å². The number of nitrogens with zero attached hydrogens (tertiary/aromatic N) is 6. The van der Waals surface area contributed by atoms with Gasteiger partial charge in [0.05, 0.1) is 12.2 Å².